The minimum Gasteiger partial charge on any atom is -0.444 e. The second-order valence-corrected chi connectivity index (χ2v) is 7.55. The number of nitro benzene ring substituents is 1. The zero-order valence-corrected chi connectivity index (χ0v) is 17.1. The van der Waals surface area contributed by atoms with E-state index in [4.69, 9.17) is 9.47 Å². The van der Waals surface area contributed by atoms with E-state index in [1.165, 1.54) is 24.3 Å². The molecule has 2 rings (SSSR count). The molecule has 0 heterocycles. The number of hydrogen-bond donors (Lipinski definition) is 2. The van der Waals surface area contributed by atoms with Crippen molar-refractivity contribution in [2.75, 3.05) is 6.54 Å². The van der Waals surface area contributed by atoms with Crippen molar-refractivity contribution in [2.24, 2.45) is 0 Å². The molecule has 160 valence electrons. The van der Waals surface area contributed by atoms with E-state index in [0.717, 1.165) is 5.56 Å². The Morgan fingerprint density at radius 1 is 1.03 bits per heavy atom. The van der Waals surface area contributed by atoms with E-state index < -0.39 is 28.8 Å². The second-order valence-electron chi connectivity index (χ2n) is 7.55. The van der Waals surface area contributed by atoms with Crippen molar-refractivity contribution in [3.8, 4) is 5.75 Å². The van der Waals surface area contributed by atoms with E-state index >= 15 is 0 Å². The van der Waals surface area contributed by atoms with Crippen LogP contribution in [-0.4, -0.2) is 35.3 Å². The van der Waals surface area contributed by atoms with Gasteiger partial charge >= 0.3 is 12.2 Å². The first-order valence-corrected chi connectivity index (χ1v) is 9.36. The summed E-state index contributed by atoms with van der Waals surface area (Å²) in [6.45, 7) is 5.38. The van der Waals surface area contributed by atoms with Gasteiger partial charge in [0.2, 0.25) is 0 Å². The number of non-ortho nitro benzene ring substituents is 1. The number of hydrogen-bond acceptors (Lipinski definition) is 6. The summed E-state index contributed by atoms with van der Waals surface area (Å²) in [4.78, 5) is 34.4. The highest BCUT2D eigenvalue weighted by molar-refractivity contribution is 5.71. The fourth-order valence-corrected chi connectivity index (χ4v) is 2.53. The van der Waals surface area contributed by atoms with Crippen molar-refractivity contribution in [1.82, 2.24) is 10.6 Å². The summed E-state index contributed by atoms with van der Waals surface area (Å²) in [5.41, 5.74) is 0.222. The van der Waals surface area contributed by atoms with Crippen LogP contribution in [0.1, 0.15) is 26.3 Å². The summed E-state index contributed by atoms with van der Waals surface area (Å²) in [6.07, 6.45) is -0.861. The number of ether oxygens (including phenoxy) is 2. The van der Waals surface area contributed by atoms with Gasteiger partial charge in [-0.15, -0.1) is 0 Å². The quantitative estimate of drug-likeness (QED) is 0.524. The highest BCUT2D eigenvalue weighted by atomic mass is 16.6. The summed E-state index contributed by atoms with van der Waals surface area (Å²) < 4.78 is 10.4. The largest absolute Gasteiger partial charge is 0.444 e. The van der Waals surface area contributed by atoms with Gasteiger partial charge in [0, 0.05) is 18.7 Å². The van der Waals surface area contributed by atoms with Crippen molar-refractivity contribution in [3.05, 3.63) is 70.3 Å². The zero-order valence-electron chi connectivity index (χ0n) is 17.1. The van der Waals surface area contributed by atoms with Gasteiger partial charge in [0.25, 0.3) is 5.69 Å². The molecule has 2 aromatic carbocycles. The lowest BCUT2D eigenvalue weighted by atomic mass is 10.1. The molecule has 9 heteroatoms. The molecule has 0 radical (unpaired) electrons. The summed E-state index contributed by atoms with van der Waals surface area (Å²) in [6, 6.07) is 14.2. The number of alkyl carbamates (subject to hydrolysis) is 1. The molecule has 0 aromatic heterocycles. The number of carbonyl (C=O) groups excluding carboxylic acids is 2. The summed E-state index contributed by atoms with van der Waals surface area (Å²) in [5, 5.41) is 16.0. The molecule has 0 aliphatic carbocycles. The van der Waals surface area contributed by atoms with Crippen LogP contribution in [0.3, 0.4) is 0 Å². The van der Waals surface area contributed by atoms with Crippen LogP contribution in [0.25, 0.3) is 0 Å². The third kappa shape index (κ3) is 8.17. The van der Waals surface area contributed by atoms with Crippen LogP contribution in [0.4, 0.5) is 15.3 Å². The molecule has 0 spiro atoms. The highest BCUT2D eigenvalue weighted by Gasteiger charge is 2.20. The van der Waals surface area contributed by atoms with E-state index in [1.807, 2.05) is 30.3 Å². The van der Waals surface area contributed by atoms with Gasteiger partial charge in [0.15, 0.2) is 0 Å². The number of amides is 2. The smallest absolute Gasteiger partial charge is 0.412 e. The molecular weight excluding hydrogens is 390 g/mol. The lowest BCUT2D eigenvalue weighted by molar-refractivity contribution is -0.384. The molecule has 1 atom stereocenters. The first-order valence-electron chi connectivity index (χ1n) is 9.36. The number of benzene rings is 2. The molecule has 30 heavy (non-hydrogen) atoms. The predicted molar refractivity (Wildman–Crippen MR) is 110 cm³/mol. The fraction of sp³-hybridized carbons (Fsp3) is 0.333. The molecule has 0 aliphatic heterocycles. The predicted octanol–water partition coefficient (Wildman–Crippen LogP) is 3.82. The molecule has 0 saturated carbocycles. The van der Waals surface area contributed by atoms with Crippen LogP contribution in [0.15, 0.2) is 54.6 Å². The van der Waals surface area contributed by atoms with Gasteiger partial charge in [-0.05, 0) is 44.9 Å². The Bertz CT molecular complexity index is 863. The van der Waals surface area contributed by atoms with Crippen LogP contribution < -0.4 is 15.4 Å². The monoisotopic (exact) mass is 415 g/mol. The van der Waals surface area contributed by atoms with E-state index in [0.29, 0.717) is 6.42 Å². The summed E-state index contributed by atoms with van der Waals surface area (Å²) in [7, 11) is 0. The number of carbonyl (C=O) groups is 2. The van der Waals surface area contributed by atoms with E-state index in [2.05, 4.69) is 10.6 Å². The van der Waals surface area contributed by atoms with Gasteiger partial charge in [-0.1, -0.05) is 30.3 Å². The lowest BCUT2D eigenvalue weighted by Crippen LogP contribution is -2.47. The van der Waals surface area contributed by atoms with E-state index in [-0.39, 0.29) is 18.0 Å². The summed E-state index contributed by atoms with van der Waals surface area (Å²) in [5.74, 6) is 0.165. The third-order valence-electron chi connectivity index (χ3n) is 3.80. The molecule has 2 N–H and O–H groups in total. The normalized spacial score (nSPS) is 11.8. The van der Waals surface area contributed by atoms with Gasteiger partial charge in [-0.3, -0.25) is 10.1 Å². The molecule has 9 nitrogen and oxygen atoms in total. The summed E-state index contributed by atoms with van der Waals surface area (Å²) >= 11 is 0. The SMILES string of the molecule is CC(C)(C)OC(=O)N[C@H](CNC(=O)Oc1ccc([N+](=O)[O-])cc1)Cc1ccccc1. The van der Waals surface area contributed by atoms with Gasteiger partial charge in [0.05, 0.1) is 11.0 Å². The molecule has 0 unspecified atom stereocenters. The van der Waals surface area contributed by atoms with Gasteiger partial charge in [0.1, 0.15) is 11.4 Å². The van der Waals surface area contributed by atoms with Crippen LogP contribution in [0.5, 0.6) is 5.75 Å². The topological polar surface area (TPSA) is 120 Å². The standard InChI is InChI=1S/C21H25N3O6/c1-21(2,3)30-20(26)23-16(13-15-7-5-4-6-8-15)14-22-19(25)29-18-11-9-17(10-12-18)24(27)28/h4-12,16H,13-14H2,1-3H3,(H,22,25)(H,23,26)/t16-/m0/s1. The van der Waals surface area contributed by atoms with Gasteiger partial charge in [-0.25, -0.2) is 9.59 Å². The minimum absolute atomic E-state index is 0.0972. The van der Waals surface area contributed by atoms with Crippen LogP contribution in [0.2, 0.25) is 0 Å². The third-order valence-corrected chi connectivity index (χ3v) is 3.80. The maximum absolute atomic E-state index is 12.1. The molecule has 2 aromatic rings. The first kappa shape index (κ1) is 22.7. The molecule has 0 fully saturated rings. The van der Waals surface area contributed by atoms with Gasteiger partial charge in [-0.2, -0.15) is 0 Å². The average Bonchev–Trinajstić information content (AvgIpc) is 2.66. The van der Waals surface area contributed by atoms with Crippen LogP contribution in [0, 0.1) is 10.1 Å². The van der Waals surface area contributed by atoms with Crippen molar-refractivity contribution in [2.45, 2.75) is 38.8 Å². The van der Waals surface area contributed by atoms with E-state index in [9.17, 15) is 19.7 Å². The molecule has 0 saturated heterocycles. The molecular formula is C21H25N3O6. The molecule has 0 aliphatic rings. The number of nitro groups is 1. The first-order chi connectivity index (χ1) is 14.1. The lowest BCUT2D eigenvalue weighted by Gasteiger charge is -2.24. The van der Waals surface area contributed by atoms with Crippen molar-refractivity contribution in [3.63, 3.8) is 0 Å². The van der Waals surface area contributed by atoms with E-state index in [1.54, 1.807) is 20.8 Å². The Morgan fingerprint density at radius 3 is 2.23 bits per heavy atom. The highest BCUT2D eigenvalue weighted by Crippen LogP contribution is 2.17. The minimum atomic E-state index is -0.743. The van der Waals surface area contributed by atoms with Crippen LogP contribution in [-0.2, 0) is 11.2 Å². The number of rotatable bonds is 7. The van der Waals surface area contributed by atoms with Crippen molar-refractivity contribution >= 4 is 17.9 Å². The Kier molecular flexibility index (Phi) is 7.74. The number of nitrogens with zero attached hydrogens (tertiary/aromatic N) is 1. The Labute approximate surface area is 174 Å². The second kappa shape index (κ2) is 10.2. The van der Waals surface area contributed by atoms with Crippen molar-refractivity contribution in [1.29, 1.82) is 0 Å². The average molecular weight is 415 g/mol. The Balaban J connectivity index is 1.95. The fourth-order valence-electron chi connectivity index (χ4n) is 2.53. The zero-order chi connectivity index (χ0) is 22.1. The van der Waals surface area contributed by atoms with Crippen molar-refractivity contribution < 1.29 is 24.0 Å². The van der Waals surface area contributed by atoms with Gasteiger partial charge < -0.3 is 20.1 Å². The van der Waals surface area contributed by atoms with Crippen LogP contribution >= 0.6 is 0 Å². The molecule has 0 bridgehead atoms. The Hall–Kier alpha value is -3.62. The number of nitrogens with one attached hydrogen (secondary N) is 2. The maximum Gasteiger partial charge on any atom is 0.412 e. The Morgan fingerprint density at radius 2 is 1.67 bits per heavy atom. The molecule has 2 amide bonds. The maximum atomic E-state index is 12.1.